The van der Waals surface area contributed by atoms with Crippen molar-refractivity contribution in [2.24, 2.45) is 0 Å². The highest BCUT2D eigenvalue weighted by molar-refractivity contribution is 6.31. The van der Waals surface area contributed by atoms with E-state index in [-0.39, 0.29) is 5.91 Å². The molecular formula is C15H23ClN2O2. The lowest BCUT2D eigenvalue weighted by Gasteiger charge is -2.13. The van der Waals surface area contributed by atoms with E-state index in [0.717, 1.165) is 24.3 Å². The summed E-state index contributed by atoms with van der Waals surface area (Å²) in [5.41, 5.74) is 0.975. The predicted molar refractivity (Wildman–Crippen MR) is 82.2 cm³/mol. The van der Waals surface area contributed by atoms with Crippen LogP contribution < -0.4 is 15.4 Å². The molecule has 112 valence electrons. The molecular weight excluding hydrogens is 276 g/mol. The molecule has 0 aliphatic carbocycles. The van der Waals surface area contributed by atoms with Gasteiger partial charge in [-0.3, -0.25) is 4.79 Å². The van der Waals surface area contributed by atoms with Gasteiger partial charge in [0.1, 0.15) is 5.75 Å². The van der Waals surface area contributed by atoms with Gasteiger partial charge in [-0.25, -0.2) is 0 Å². The fourth-order valence-corrected chi connectivity index (χ4v) is 2.01. The van der Waals surface area contributed by atoms with Crippen molar-refractivity contribution in [2.45, 2.75) is 32.7 Å². The van der Waals surface area contributed by atoms with Crippen molar-refractivity contribution in [3.63, 3.8) is 0 Å². The number of rotatable bonds is 9. The summed E-state index contributed by atoms with van der Waals surface area (Å²) in [6.07, 6.45) is 2.24. The number of benzene rings is 1. The van der Waals surface area contributed by atoms with Crippen molar-refractivity contribution in [1.82, 2.24) is 10.6 Å². The molecule has 0 radical (unpaired) electrons. The summed E-state index contributed by atoms with van der Waals surface area (Å²) in [5, 5.41) is 6.62. The summed E-state index contributed by atoms with van der Waals surface area (Å²) in [7, 11) is 1.64. The third-order valence-corrected chi connectivity index (χ3v) is 3.24. The van der Waals surface area contributed by atoms with Crippen LogP contribution in [-0.4, -0.2) is 26.1 Å². The molecule has 1 rings (SSSR count). The van der Waals surface area contributed by atoms with E-state index in [9.17, 15) is 4.79 Å². The van der Waals surface area contributed by atoms with Crippen molar-refractivity contribution in [2.75, 3.05) is 20.2 Å². The first-order valence-corrected chi connectivity index (χ1v) is 7.38. The van der Waals surface area contributed by atoms with E-state index >= 15 is 0 Å². The Morgan fingerprint density at radius 2 is 2.20 bits per heavy atom. The number of halogens is 1. The molecule has 0 unspecified atom stereocenters. The number of amides is 1. The van der Waals surface area contributed by atoms with E-state index in [1.165, 1.54) is 0 Å². The van der Waals surface area contributed by atoms with Crippen LogP contribution in [0.3, 0.4) is 0 Å². The van der Waals surface area contributed by atoms with Gasteiger partial charge in [0.05, 0.1) is 6.61 Å². The highest BCUT2D eigenvalue weighted by Gasteiger charge is 2.08. The van der Waals surface area contributed by atoms with Gasteiger partial charge >= 0.3 is 0 Å². The molecule has 4 nitrogen and oxygen atoms in total. The third kappa shape index (κ3) is 5.80. The lowest BCUT2D eigenvalue weighted by atomic mass is 10.2. The maximum atomic E-state index is 11.1. The molecule has 0 aliphatic heterocycles. The number of hydrogen-bond donors (Lipinski definition) is 2. The van der Waals surface area contributed by atoms with Crippen LogP contribution in [0.4, 0.5) is 0 Å². The average Bonchev–Trinajstić information content (AvgIpc) is 2.45. The second-order valence-corrected chi connectivity index (χ2v) is 4.93. The molecule has 20 heavy (non-hydrogen) atoms. The van der Waals surface area contributed by atoms with E-state index in [4.69, 9.17) is 16.3 Å². The molecule has 1 aromatic rings. The fraction of sp³-hybridized carbons (Fsp3) is 0.533. The molecule has 5 heteroatoms. The molecule has 0 saturated carbocycles. The quantitative estimate of drug-likeness (QED) is 0.689. The molecule has 0 aromatic heterocycles. The lowest BCUT2D eigenvalue weighted by Crippen LogP contribution is -2.18. The molecule has 0 atom stereocenters. The Morgan fingerprint density at radius 1 is 1.40 bits per heavy atom. The molecule has 0 heterocycles. The summed E-state index contributed by atoms with van der Waals surface area (Å²) in [6.45, 7) is 4.27. The summed E-state index contributed by atoms with van der Waals surface area (Å²) in [4.78, 5) is 11.1. The monoisotopic (exact) mass is 298 g/mol. The molecule has 0 bridgehead atoms. The fourth-order valence-electron chi connectivity index (χ4n) is 1.78. The normalized spacial score (nSPS) is 10.3. The van der Waals surface area contributed by atoms with Crippen molar-refractivity contribution in [3.05, 3.63) is 28.8 Å². The Bertz CT molecular complexity index is 424. The van der Waals surface area contributed by atoms with Crippen LogP contribution in [0.15, 0.2) is 18.2 Å². The van der Waals surface area contributed by atoms with Gasteiger partial charge in [-0.2, -0.15) is 0 Å². The first kappa shape index (κ1) is 16.8. The van der Waals surface area contributed by atoms with Gasteiger partial charge in [-0.15, -0.1) is 0 Å². The van der Waals surface area contributed by atoms with Crippen LogP contribution in [0.1, 0.15) is 31.7 Å². The summed E-state index contributed by atoms with van der Waals surface area (Å²) in [6, 6.07) is 5.65. The molecule has 1 aromatic carbocycles. The average molecular weight is 299 g/mol. The van der Waals surface area contributed by atoms with Gasteiger partial charge in [0.15, 0.2) is 0 Å². The number of carbonyl (C=O) groups excluding carboxylic acids is 1. The van der Waals surface area contributed by atoms with Gasteiger partial charge in [-0.1, -0.05) is 24.6 Å². The van der Waals surface area contributed by atoms with E-state index in [1.54, 1.807) is 7.05 Å². The van der Waals surface area contributed by atoms with E-state index in [2.05, 4.69) is 17.6 Å². The van der Waals surface area contributed by atoms with Gasteiger partial charge in [0.2, 0.25) is 5.91 Å². The van der Waals surface area contributed by atoms with Gasteiger partial charge in [-0.05, 0) is 31.5 Å². The van der Waals surface area contributed by atoms with Crippen molar-refractivity contribution in [1.29, 1.82) is 0 Å². The second-order valence-electron chi connectivity index (χ2n) is 4.52. The van der Waals surface area contributed by atoms with E-state index in [0.29, 0.717) is 31.0 Å². The number of ether oxygens (including phenoxy) is 1. The standard InChI is InChI=1S/C15H23ClN2O2/c1-3-9-18-11-12-13(16)6-4-7-14(12)20-10-5-8-15(19)17-2/h4,6-7,18H,3,5,8-11H2,1-2H3,(H,17,19). The van der Waals surface area contributed by atoms with Crippen molar-refractivity contribution < 1.29 is 9.53 Å². The smallest absolute Gasteiger partial charge is 0.219 e. The minimum atomic E-state index is 0.0320. The van der Waals surface area contributed by atoms with Crippen LogP contribution in [0.2, 0.25) is 5.02 Å². The SMILES string of the molecule is CCCNCc1c(Cl)cccc1OCCCC(=O)NC. The Balaban J connectivity index is 2.51. The van der Waals surface area contributed by atoms with Crippen molar-refractivity contribution >= 4 is 17.5 Å². The topological polar surface area (TPSA) is 50.4 Å². The highest BCUT2D eigenvalue weighted by atomic mass is 35.5. The zero-order valence-corrected chi connectivity index (χ0v) is 12.9. The Morgan fingerprint density at radius 3 is 2.90 bits per heavy atom. The predicted octanol–water partition coefficient (Wildman–Crippen LogP) is 2.74. The Kier molecular flexibility index (Phi) is 8.07. The molecule has 2 N–H and O–H groups in total. The molecule has 0 fully saturated rings. The maximum absolute atomic E-state index is 11.1. The van der Waals surface area contributed by atoms with Crippen LogP contribution in [0, 0.1) is 0 Å². The minimum Gasteiger partial charge on any atom is -0.493 e. The maximum Gasteiger partial charge on any atom is 0.219 e. The van der Waals surface area contributed by atoms with Crippen LogP contribution in [0.25, 0.3) is 0 Å². The van der Waals surface area contributed by atoms with Crippen molar-refractivity contribution in [3.8, 4) is 5.75 Å². The van der Waals surface area contributed by atoms with Gasteiger partial charge in [0, 0.05) is 30.6 Å². The minimum absolute atomic E-state index is 0.0320. The van der Waals surface area contributed by atoms with Crippen LogP contribution in [-0.2, 0) is 11.3 Å². The first-order valence-electron chi connectivity index (χ1n) is 7.00. The zero-order valence-electron chi connectivity index (χ0n) is 12.2. The summed E-state index contributed by atoms with van der Waals surface area (Å²) < 4.78 is 5.74. The van der Waals surface area contributed by atoms with E-state index < -0.39 is 0 Å². The largest absolute Gasteiger partial charge is 0.493 e. The second kappa shape index (κ2) is 9.61. The zero-order chi connectivity index (χ0) is 14.8. The van der Waals surface area contributed by atoms with Crippen LogP contribution in [0.5, 0.6) is 5.75 Å². The molecule has 1 amide bonds. The molecule has 0 aliphatic rings. The van der Waals surface area contributed by atoms with Gasteiger partial charge in [0.25, 0.3) is 0 Å². The molecule has 0 saturated heterocycles. The summed E-state index contributed by atoms with van der Waals surface area (Å²) >= 11 is 6.21. The first-order chi connectivity index (χ1) is 9.69. The number of carbonyl (C=O) groups is 1. The summed E-state index contributed by atoms with van der Waals surface area (Å²) in [5.74, 6) is 0.822. The number of nitrogens with one attached hydrogen (secondary N) is 2. The van der Waals surface area contributed by atoms with E-state index in [1.807, 2.05) is 18.2 Å². The third-order valence-electron chi connectivity index (χ3n) is 2.89. The van der Waals surface area contributed by atoms with Crippen LogP contribution >= 0.6 is 11.6 Å². The van der Waals surface area contributed by atoms with Gasteiger partial charge < -0.3 is 15.4 Å². The molecule has 0 spiro atoms. The Labute approximate surface area is 125 Å². The highest BCUT2D eigenvalue weighted by Crippen LogP contribution is 2.26. The Hall–Kier alpha value is -1.26. The lowest BCUT2D eigenvalue weighted by molar-refractivity contribution is -0.120. The number of hydrogen-bond acceptors (Lipinski definition) is 3.